The lowest BCUT2D eigenvalue weighted by Crippen LogP contribution is -2.22. The third-order valence-electron chi connectivity index (χ3n) is 3.79. The fraction of sp³-hybridized carbons (Fsp3) is 0.412. The fourth-order valence-corrected chi connectivity index (χ4v) is 3.66. The van der Waals surface area contributed by atoms with Crippen molar-refractivity contribution in [3.05, 3.63) is 45.6 Å². The Labute approximate surface area is 129 Å². The summed E-state index contributed by atoms with van der Waals surface area (Å²) >= 11 is 1.90. The Hall–Kier alpha value is -1.52. The molecule has 2 aromatic rings. The van der Waals surface area contributed by atoms with Gasteiger partial charge in [0, 0.05) is 27.8 Å². The first-order valence-corrected chi connectivity index (χ1v) is 8.26. The van der Waals surface area contributed by atoms with E-state index in [0.29, 0.717) is 13.2 Å². The van der Waals surface area contributed by atoms with Crippen LogP contribution in [0.25, 0.3) is 0 Å². The van der Waals surface area contributed by atoms with Gasteiger partial charge in [0.15, 0.2) is 11.5 Å². The summed E-state index contributed by atoms with van der Waals surface area (Å²) in [6.07, 6.45) is 2.08. The number of aryl methyl sites for hydroxylation is 1. The van der Waals surface area contributed by atoms with Gasteiger partial charge in [-0.05, 0) is 31.7 Å². The van der Waals surface area contributed by atoms with Crippen molar-refractivity contribution in [2.75, 3.05) is 20.3 Å². The fourth-order valence-electron chi connectivity index (χ4n) is 2.66. The van der Waals surface area contributed by atoms with Crippen LogP contribution in [0.3, 0.4) is 0 Å². The second-order valence-electron chi connectivity index (χ2n) is 5.14. The molecule has 4 heteroatoms. The number of thiophene rings is 1. The van der Waals surface area contributed by atoms with Gasteiger partial charge in [-0.3, -0.25) is 0 Å². The van der Waals surface area contributed by atoms with Gasteiger partial charge in [-0.25, -0.2) is 0 Å². The van der Waals surface area contributed by atoms with E-state index >= 15 is 0 Å². The Balaban J connectivity index is 1.86. The Morgan fingerprint density at radius 3 is 2.71 bits per heavy atom. The normalized spacial score (nSPS) is 15.0. The van der Waals surface area contributed by atoms with Crippen molar-refractivity contribution < 1.29 is 9.47 Å². The maximum atomic E-state index is 5.84. The lowest BCUT2D eigenvalue weighted by Gasteiger charge is -2.25. The Bertz CT molecular complexity index is 609. The summed E-state index contributed by atoms with van der Waals surface area (Å²) in [5.41, 5.74) is 1.18. The SMILES string of the molecule is CCc1ccc(CC(NC)c2cccc3c2OCCO3)s1. The Kier molecular flexibility index (Phi) is 4.46. The quantitative estimate of drug-likeness (QED) is 0.915. The molecule has 0 aliphatic carbocycles. The summed E-state index contributed by atoms with van der Waals surface area (Å²) in [7, 11) is 2.00. The van der Waals surface area contributed by atoms with Crippen LogP contribution in [0.4, 0.5) is 0 Å². The zero-order valence-electron chi connectivity index (χ0n) is 12.5. The zero-order valence-corrected chi connectivity index (χ0v) is 13.3. The summed E-state index contributed by atoms with van der Waals surface area (Å²) in [5, 5.41) is 3.42. The number of para-hydroxylation sites is 1. The third-order valence-corrected chi connectivity index (χ3v) is 5.04. The molecule has 1 aromatic carbocycles. The highest BCUT2D eigenvalue weighted by Crippen LogP contribution is 2.38. The van der Waals surface area contributed by atoms with Gasteiger partial charge in [-0.2, -0.15) is 0 Å². The molecule has 1 unspecified atom stereocenters. The first kappa shape index (κ1) is 14.4. The van der Waals surface area contributed by atoms with Crippen molar-refractivity contribution in [2.45, 2.75) is 25.8 Å². The predicted octanol–water partition coefficient (Wildman–Crippen LogP) is 3.58. The number of rotatable bonds is 5. The first-order chi connectivity index (χ1) is 10.3. The van der Waals surface area contributed by atoms with Gasteiger partial charge in [0.25, 0.3) is 0 Å². The van der Waals surface area contributed by atoms with E-state index in [9.17, 15) is 0 Å². The van der Waals surface area contributed by atoms with Gasteiger partial charge in [-0.15, -0.1) is 11.3 Å². The molecule has 1 N–H and O–H groups in total. The molecule has 0 bridgehead atoms. The highest BCUT2D eigenvalue weighted by atomic mass is 32.1. The monoisotopic (exact) mass is 303 g/mol. The van der Waals surface area contributed by atoms with Crippen LogP contribution in [-0.2, 0) is 12.8 Å². The van der Waals surface area contributed by atoms with Crippen molar-refractivity contribution in [3.63, 3.8) is 0 Å². The average Bonchev–Trinajstić information content (AvgIpc) is 3.00. The van der Waals surface area contributed by atoms with Crippen molar-refractivity contribution >= 4 is 11.3 Å². The highest BCUT2D eigenvalue weighted by Gasteiger charge is 2.21. The second-order valence-corrected chi connectivity index (χ2v) is 6.39. The van der Waals surface area contributed by atoms with Gasteiger partial charge in [0.1, 0.15) is 13.2 Å². The van der Waals surface area contributed by atoms with Gasteiger partial charge in [-0.1, -0.05) is 19.1 Å². The molecule has 21 heavy (non-hydrogen) atoms. The molecule has 1 aromatic heterocycles. The summed E-state index contributed by atoms with van der Waals surface area (Å²) < 4.78 is 11.5. The lowest BCUT2D eigenvalue weighted by molar-refractivity contribution is 0.168. The van der Waals surface area contributed by atoms with Crippen molar-refractivity contribution in [1.29, 1.82) is 0 Å². The Morgan fingerprint density at radius 2 is 1.95 bits per heavy atom. The van der Waals surface area contributed by atoms with Gasteiger partial charge in [0.05, 0.1) is 0 Å². The molecule has 1 aliphatic heterocycles. The van der Waals surface area contributed by atoms with E-state index < -0.39 is 0 Å². The van der Waals surface area contributed by atoms with E-state index in [-0.39, 0.29) is 6.04 Å². The number of ether oxygens (including phenoxy) is 2. The third kappa shape index (κ3) is 3.06. The Morgan fingerprint density at radius 1 is 1.14 bits per heavy atom. The van der Waals surface area contributed by atoms with Crippen LogP contribution >= 0.6 is 11.3 Å². The molecule has 0 amide bonds. The summed E-state index contributed by atoms with van der Waals surface area (Å²) in [5.74, 6) is 1.76. The minimum Gasteiger partial charge on any atom is -0.486 e. The predicted molar refractivity (Wildman–Crippen MR) is 86.6 cm³/mol. The molecule has 0 radical (unpaired) electrons. The second kappa shape index (κ2) is 6.50. The van der Waals surface area contributed by atoms with Gasteiger partial charge < -0.3 is 14.8 Å². The number of fused-ring (bicyclic) bond motifs is 1. The molecule has 0 saturated heterocycles. The van der Waals surface area contributed by atoms with Crippen LogP contribution in [0.2, 0.25) is 0 Å². The standard InChI is InChI=1S/C17H21NO2S/c1-3-12-7-8-13(21-12)11-15(18-2)14-5-4-6-16-17(14)20-10-9-19-16/h4-8,15,18H,3,9-11H2,1-2H3. The summed E-state index contributed by atoms with van der Waals surface area (Å²) in [6, 6.07) is 10.9. The molecular weight excluding hydrogens is 282 g/mol. The van der Waals surface area contributed by atoms with E-state index in [4.69, 9.17) is 9.47 Å². The van der Waals surface area contributed by atoms with Crippen LogP contribution < -0.4 is 14.8 Å². The molecular formula is C17H21NO2S. The smallest absolute Gasteiger partial charge is 0.166 e. The number of likely N-dealkylation sites (N-methyl/N-ethyl adjacent to an activating group) is 1. The number of nitrogens with one attached hydrogen (secondary N) is 1. The number of hydrogen-bond donors (Lipinski definition) is 1. The van der Waals surface area contributed by atoms with E-state index in [2.05, 4.69) is 30.4 Å². The van der Waals surface area contributed by atoms with Crippen LogP contribution in [-0.4, -0.2) is 20.3 Å². The van der Waals surface area contributed by atoms with Crippen molar-refractivity contribution in [2.24, 2.45) is 0 Å². The van der Waals surface area contributed by atoms with Crippen molar-refractivity contribution in [3.8, 4) is 11.5 Å². The average molecular weight is 303 g/mol. The maximum absolute atomic E-state index is 5.84. The summed E-state index contributed by atoms with van der Waals surface area (Å²) in [6.45, 7) is 3.45. The van der Waals surface area contributed by atoms with E-state index in [0.717, 1.165) is 24.3 Å². The van der Waals surface area contributed by atoms with Crippen LogP contribution in [0.1, 0.15) is 28.3 Å². The largest absolute Gasteiger partial charge is 0.486 e. The molecule has 0 saturated carbocycles. The minimum absolute atomic E-state index is 0.241. The highest BCUT2D eigenvalue weighted by molar-refractivity contribution is 7.11. The van der Waals surface area contributed by atoms with Crippen LogP contribution in [0, 0.1) is 0 Å². The molecule has 3 rings (SSSR count). The summed E-state index contributed by atoms with van der Waals surface area (Å²) in [4.78, 5) is 2.84. The molecule has 0 fully saturated rings. The molecule has 0 spiro atoms. The molecule has 1 aliphatic rings. The minimum atomic E-state index is 0.241. The van der Waals surface area contributed by atoms with Crippen LogP contribution in [0.5, 0.6) is 11.5 Å². The molecule has 2 heterocycles. The first-order valence-electron chi connectivity index (χ1n) is 7.45. The number of benzene rings is 1. The maximum Gasteiger partial charge on any atom is 0.166 e. The van der Waals surface area contributed by atoms with Crippen LogP contribution in [0.15, 0.2) is 30.3 Å². The zero-order chi connectivity index (χ0) is 14.7. The molecule has 3 nitrogen and oxygen atoms in total. The van der Waals surface area contributed by atoms with Gasteiger partial charge >= 0.3 is 0 Å². The van der Waals surface area contributed by atoms with E-state index in [1.54, 1.807) is 0 Å². The van der Waals surface area contributed by atoms with E-state index in [1.165, 1.54) is 15.3 Å². The topological polar surface area (TPSA) is 30.5 Å². The molecule has 1 atom stereocenters. The number of hydrogen-bond acceptors (Lipinski definition) is 4. The van der Waals surface area contributed by atoms with E-state index in [1.807, 2.05) is 30.5 Å². The van der Waals surface area contributed by atoms with Crippen molar-refractivity contribution in [1.82, 2.24) is 5.32 Å². The molecule has 112 valence electrons. The van der Waals surface area contributed by atoms with Gasteiger partial charge in [0.2, 0.25) is 0 Å². The lowest BCUT2D eigenvalue weighted by atomic mass is 10.0.